The molecule has 1 aliphatic rings. The second-order valence-corrected chi connectivity index (χ2v) is 5.28. The highest BCUT2D eigenvalue weighted by molar-refractivity contribution is 7.99. The van der Waals surface area contributed by atoms with Crippen LogP contribution >= 0.6 is 11.8 Å². The smallest absolute Gasteiger partial charge is 0.136 e. The van der Waals surface area contributed by atoms with Crippen LogP contribution < -0.4 is 0 Å². The maximum absolute atomic E-state index is 9.83. The SMILES string of the molecule is C[C@@H]1O[C@H](Sc2ccccc2)[C@H](O)[C@H](O)[C@@H]1O. The molecule has 0 aromatic heterocycles. The summed E-state index contributed by atoms with van der Waals surface area (Å²) < 4.78 is 5.49. The van der Waals surface area contributed by atoms with Gasteiger partial charge in [-0.15, -0.1) is 0 Å². The van der Waals surface area contributed by atoms with Crippen molar-refractivity contribution in [3.63, 3.8) is 0 Å². The zero-order valence-corrected chi connectivity index (χ0v) is 10.2. The Kier molecular flexibility index (Phi) is 4.06. The molecule has 0 aliphatic carbocycles. The third kappa shape index (κ3) is 2.81. The second-order valence-electron chi connectivity index (χ2n) is 4.11. The van der Waals surface area contributed by atoms with Crippen molar-refractivity contribution in [1.29, 1.82) is 0 Å². The van der Waals surface area contributed by atoms with Crippen LogP contribution in [0.3, 0.4) is 0 Å². The van der Waals surface area contributed by atoms with E-state index in [9.17, 15) is 15.3 Å². The Morgan fingerprint density at radius 2 is 1.65 bits per heavy atom. The van der Waals surface area contributed by atoms with E-state index in [0.29, 0.717) is 0 Å². The van der Waals surface area contributed by atoms with Gasteiger partial charge in [-0.25, -0.2) is 0 Å². The van der Waals surface area contributed by atoms with Crippen molar-refractivity contribution in [2.24, 2.45) is 0 Å². The van der Waals surface area contributed by atoms with Crippen molar-refractivity contribution in [2.45, 2.75) is 41.7 Å². The Morgan fingerprint density at radius 1 is 1.00 bits per heavy atom. The Bertz CT molecular complexity index is 359. The van der Waals surface area contributed by atoms with E-state index in [4.69, 9.17) is 4.74 Å². The van der Waals surface area contributed by atoms with Gasteiger partial charge in [0.25, 0.3) is 0 Å². The summed E-state index contributed by atoms with van der Waals surface area (Å²) in [6, 6.07) is 9.51. The molecule has 5 atom stereocenters. The van der Waals surface area contributed by atoms with Gasteiger partial charge < -0.3 is 20.1 Å². The van der Waals surface area contributed by atoms with Gasteiger partial charge in [-0.05, 0) is 19.1 Å². The molecule has 5 heteroatoms. The lowest BCUT2D eigenvalue weighted by Gasteiger charge is -2.38. The Labute approximate surface area is 104 Å². The van der Waals surface area contributed by atoms with Crippen molar-refractivity contribution in [1.82, 2.24) is 0 Å². The van der Waals surface area contributed by atoms with E-state index in [1.165, 1.54) is 11.8 Å². The molecule has 1 aromatic carbocycles. The van der Waals surface area contributed by atoms with Crippen LogP contribution in [0.15, 0.2) is 35.2 Å². The molecule has 17 heavy (non-hydrogen) atoms. The molecule has 0 radical (unpaired) electrons. The van der Waals surface area contributed by atoms with Crippen molar-refractivity contribution < 1.29 is 20.1 Å². The number of aliphatic hydroxyl groups is 3. The van der Waals surface area contributed by atoms with Gasteiger partial charge in [0.05, 0.1) is 6.10 Å². The van der Waals surface area contributed by atoms with Crippen molar-refractivity contribution in [3.8, 4) is 0 Å². The van der Waals surface area contributed by atoms with Crippen LogP contribution in [0.4, 0.5) is 0 Å². The minimum Gasteiger partial charge on any atom is -0.388 e. The topological polar surface area (TPSA) is 69.9 Å². The summed E-state index contributed by atoms with van der Waals surface area (Å²) >= 11 is 1.34. The van der Waals surface area contributed by atoms with E-state index in [1.807, 2.05) is 30.3 Å². The van der Waals surface area contributed by atoms with Crippen LogP contribution in [0.25, 0.3) is 0 Å². The van der Waals surface area contributed by atoms with Crippen molar-refractivity contribution in [2.75, 3.05) is 0 Å². The largest absolute Gasteiger partial charge is 0.388 e. The standard InChI is InChI=1S/C12H16O4S/c1-7-9(13)10(14)11(15)12(16-7)17-8-5-3-2-4-6-8/h2-7,9-15H,1H3/t7-,9+,10+,11+,12+/m0/s1. The summed E-state index contributed by atoms with van der Waals surface area (Å²) in [6.45, 7) is 1.68. The first-order valence-corrected chi connectivity index (χ1v) is 6.39. The van der Waals surface area contributed by atoms with Crippen LogP contribution in [0.1, 0.15) is 6.92 Å². The van der Waals surface area contributed by atoms with Crippen molar-refractivity contribution in [3.05, 3.63) is 30.3 Å². The molecule has 1 heterocycles. The molecule has 0 amide bonds. The van der Waals surface area contributed by atoms with Gasteiger partial charge in [0, 0.05) is 4.90 Å². The van der Waals surface area contributed by atoms with Gasteiger partial charge in [-0.3, -0.25) is 0 Å². The number of thioether (sulfide) groups is 1. The molecule has 1 aromatic rings. The molecular weight excluding hydrogens is 240 g/mol. The van der Waals surface area contributed by atoms with Crippen LogP contribution in [-0.2, 0) is 4.74 Å². The van der Waals surface area contributed by atoms with Gasteiger partial charge in [0.2, 0.25) is 0 Å². The monoisotopic (exact) mass is 256 g/mol. The van der Waals surface area contributed by atoms with Gasteiger partial charge in [0.1, 0.15) is 23.7 Å². The van der Waals surface area contributed by atoms with E-state index < -0.39 is 29.9 Å². The molecule has 4 nitrogen and oxygen atoms in total. The number of hydrogen-bond donors (Lipinski definition) is 3. The average molecular weight is 256 g/mol. The highest BCUT2D eigenvalue weighted by Gasteiger charge is 2.42. The Balaban J connectivity index is 2.06. The van der Waals surface area contributed by atoms with Gasteiger partial charge in [-0.1, -0.05) is 30.0 Å². The van der Waals surface area contributed by atoms with Crippen LogP contribution in [-0.4, -0.2) is 45.2 Å². The van der Waals surface area contributed by atoms with Crippen molar-refractivity contribution >= 4 is 11.8 Å². The normalized spacial score (nSPS) is 38.0. The zero-order chi connectivity index (χ0) is 12.4. The summed E-state index contributed by atoms with van der Waals surface area (Å²) in [5, 5.41) is 29.1. The molecular formula is C12H16O4S. The summed E-state index contributed by atoms with van der Waals surface area (Å²) in [7, 11) is 0. The fourth-order valence-electron chi connectivity index (χ4n) is 1.74. The van der Waals surface area contributed by atoms with Crippen LogP contribution in [0.5, 0.6) is 0 Å². The zero-order valence-electron chi connectivity index (χ0n) is 9.43. The first-order valence-electron chi connectivity index (χ1n) is 5.51. The second kappa shape index (κ2) is 5.37. The number of aliphatic hydroxyl groups excluding tert-OH is 3. The lowest BCUT2D eigenvalue weighted by atomic mass is 10.0. The maximum Gasteiger partial charge on any atom is 0.136 e. The van der Waals surface area contributed by atoms with Gasteiger partial charge in [0.15, 0.2) is 0 Å². The van der Waals surface area contributed by atoms with Crippen LogP contribution in [0, 0.1) is 0 Å². The lowest BCUT2D eigenvalue weighted by Crippen LogP contribution is -2.55. The highest BCUT2D eigenvalue weighted by atomic mass is 32.2. The quantitative estimate of drug-likeness (QED) is 0.723. The number of benzene rings is 1. The first-order chi connectivity index (χ1) is 8.09. The summed E-state index contributed by atoms with van der Waals surface area (Å²) in [6.07, 6.45) is -3.79. The molecule has 1 saturated heterocycles. The molecule has 0 saturated carbocycles. The third-order valence-electron chi connectivity index (χ3n) is 2.80. The van der Waals surface area contributed by atoms with Gasteiger partial charge in [-0.2, -0.15) is 0 Å². The maximum atomic E-state index is 9.83. The highest BCUT2D eigenvalue weighted by Crippen LogP contribution is 2.32. The summed E-state index contributed by atoms with van der Waals surface area (Å²) in [5.41, 5.74) is -0.564. The molecule has 94 valence electrons. The Hall–Kier alpha value is -0.590. The fraction of sp³-hybridized carbons (Fsp3) is 0.500. The first kappa shape index (κ1) is 12.9. The van der Waals surface area contributed by atoms with E-state index in [-0.39, 0.29) is 0 Å². The number of ether oxygens (including phenoxy) is 1. The van der Waals surface area contributed by atoms with Crippen LogP contribution in [0.2, 0.25) is 0 Å². The molecule has 1 aliphatic heterocycles. The molecule has 0 unspecified atom stereocenters. The summed E-state index contributed by atoms with van der Waals surface area (Å²) in [5.74, 6) is 0. The molecule has 0 bridgehead atoms. The molecule has 3 N–H and O–H groups in total. The third-order valence-corrected chi connectivity index (χ3v) is 3.97. The van der Waals surface area contributed by atoms with E-state index in [1.54, 1.807) is 6.92 Å². The Morgan fingerprint density at radius 3 is 2.29 bits per heavy atom. The minimum atomic E-state index is -1.17. The molecule has 0 spiro atoms. The van der Waals surface area contributed by atoms with E-state index >= 15 is 0 Å². The minimum absolute atomic E-state index is 0.491. The van der Waals surface area contributed by atoms with Gasteiger partial charge >= 0.3 is 0 Å². The lowest BCUT2D eigenvalue weighted by molar-refractivity contribution is -0.192. The molecule has 1 fully saturated rings. The van der Waals surface area contributed by atoms with E-state index in [0.717, 1.165) is 4.90 Å². The number of rotatable bonds is 2. The average Bonchev–Trinajstić information content (AvgIpc) is 2.35. The number of hydrogen-bond acceptors (Lipinski definition) is 5. The molecule has 2 rings (SSSR count). The van der Waals surface area contributed by atoms with E-state index in [2.05, 4.69) is 0 Å². The fourth-order valence-corrected chi connectivity index (χ4v) is 2.86. The summed E-state index contributed by atoms with van der Waals surface area (Å²) in [4.78, 5) is 0.951. The predicted molar refractivity (Wildman–Crippen MR) is 64.7 cm³/mol. The predicted octanol–water partition coefficient (Wildman–Crippen LogP) is 0.606.